The Bertz CT molecular complexity index is 531. The van der Waals surface area contributed by atoms with Crippen LogP contribution in [0.3, 0.4) is 0 Å². The second-order valence-electron chi connectivity index (χ2n) is 9.81. The van der Waals surface area contributed by atoms with Crippen LogP contribution in [-0.4, -0.2) is 30.2 Å². The van der Waals surface area contributed by atoms with Crippen molar-refractivity contribution in [3.8, 4) is 0 Å². The Kier molecular flexibility index (Phi) is 3.93. The van der Waals surface area contributed by atoms with E-state index in [0.29, 0.717) is 34.9 Å². The minimum atomic E-state index is -0.168. The summed E-state index contributed by atoms with van der Waals surface area (Å²) in [6.07, 6.45) is 7.79. The van der Waals surface area contributed by atoms with Crippen molar-refractivity contribution in [3.05, 3.63) is 0 Å². The molecule has 0 spiro atoms. The van der Waals surface area contributed by atoms with Gasteiger partial charge in [0.1, 0.15) is 5.78 Å². The number of methoxy groups -OCH3 is 1. The lowest BCUT2D eigenvalue weighted by Gasteiger charge is -2.60. The van der Waals surface area contributed by atoms with E-state index < -0.39 is 0 Å². The molecule has 0 amide bonds. The topological polar surface area (TPSA) is 46.5 Å². The van der Waals surface area contributed by atoms with Gasteiger partial charge >= 0.3 is 0 Å². The summed E-state index contributed by atoms with van der Waals surface area (Å²) >= 11 is 0. The first kappa shape index (κ1) is 17.0. The van der Waals surface area contributed by atoms with Crippen LogP contribution in [0.4, 0.5) is 0 Å². The Labute approximate surface area is 146 Å². The van der Waals surface area contributed by atoms with Crippen molar-refractivity contribution < 1.29 is 14.6 Å². The Morgan fingerprint density at radius 2 is 1.88 bits per heavy atom. The normalized spacial score (nSPS) is 57.2. The Morgan fingerprint density at radius 3 is 2.58 bits per heavy atom. The van der Waals surface area contributed by atoms with Crippen molar-refractivity contribution in [3.63, 3.8) is 0 Å². The maximum atomic E-state index is 13.0. The zero-order valence-corrected chi connectivity index (χ0v) is 15.8. The fraction of sp³-hybridized carbons (Fsp3) is 0.952. The minimum absolute atomic E-state index is 0.0439. The fourth-order valence-corrected chi connectivity index (χ4v) is 7.71. The number of carbonyl (C=O) groups is 1. The predicted octanol–water partition coefficient (Wildman–Crippen LogP) is 3.83. The first-order valence-electron chi connectivity index (χ1n) is 10.1. The van der Waals surface area contributed by atoms with Gasteiger partial charge in [-0.15, -0.1) is 0 Å². The minimum Gasteiger partial charge on any atom is -0.393 e. The molecule has 0 bridgehead atoms. The van der Waals surface area contributed by atoms with Crippen LogP contribution in [0, 0.1) is 40.4 Å². The van der Waals surface area contributed by atoms with Crippen LogP contribution in [0.2, 0.25) is 0 Å². The monoisotopic (exact) mass is 334 g/mol. The smallest absolute Gasteiger partial charge is 0.144 e. The summed E-state index contributed by atoms with van der Waals surface area (Å²) < 4.78 is 5.90. The average Bonchev–Trinajstić information content (AvgIpc) is 2.76. The van der Waals surface area contributed by atoms with Crippen LogP contribution in [0.1, 0.15) is 65.7 Å². The van der Waals surface area contributed by atoms with E-state index in [4.69, 9.17) is 4.74 Å². The van der Waals surface area contributed by atoms with Crippen LogP contribution in [0.25, 0.3) is 0 Å². The molecule has 9 atom stereocenters. The standard InChI is InChI=1S/C21H34O3/c1-12-18(24-4)17-15-6-5-13-11-14(22)7-9-20(13,2)16(15)8-10-21(17,3)19(12)23/h12-18,22H,5-11H2,1-4H3/t12?,13-,14-,15+,16-,17+,18+,20-,21-/m1/s1. The van der Waals surface area contributed by atoms with E-state index in [1.165, 1.54) is 19.3 Å². The quantitative estimate of drug-likeness (QED) is 0.793. The molecule has 3 nitrogen and oxygen atoms in total. The molecule has 1 unspecified atom stereocenters. The van der Waals surface area contributed by atoms with E-state index in [-0.39, 0.29) is 23.5 Å². The first-order valence-corrected chi connectivity index (χ1v) is 10.1. The van der Waals surface area contributed by atoms with Gasteiger partial charge in [-0.05, 0) is 68.1 Å². The number of ether oxygens (including phenoxy) is 1. The van der Waals surface area contributed by atoms with Crippen molar-refractivity contribution in [1.82, 2.24) is 0 Å². The van der Waals surface area contributed by atoms with Gasteiger partial charge < -0.3 is 9.84 Å². The highest BCUT2D eigenvalue weighted by Gasteiger charge is 2.65. The number of aliphatic hydroxyl groups is 1. The molecular formula is C21H34O3. The molecule has 0 radical (unpaired) electrons. The third-order valence-electron chi connectivity index (χ3n) is 8.98. The summed E-state index contributed by atoms with van der Waals surface area (Å²) in [6.45, 7) is 6.80. The van der Waals surface area contributed by atoms with Crippen molar-refractivity contribution in [2.45, 2.75) is 77.9 Å². The highest BCUT2D eigenvalue weighted by molar-refractivity contribution is 5.90. The van der Waals surface area contributed by atoms with Crippen LogP contribution in [-0.2, 0) is 9.53 Å². The third kappa shape index (κ3) is 2.06. The molecular weight excluding hydrogens is 300 g/mol. The van der Waals surface area contributed by atoms with Gasteiger partial charge in [-0.1, -0.05) is 20.8 Å². The Balaban J connectivity index is 1.69. The molecule has 136 valence electrons. The third-order valence-corrected chi connectivity index (χ3v) is 8.98. The number of aliphatic hydroxyl groups excluding tert-OH is 1. The molecule has 0 aromatic carbocycles. The molecule has 4 saturated carbocycles. The van der Waals surface area contributed by atoms with E-state index in [9.17, 15) is 9.90 Å². The number of hydrogen-bond acceptors (Lipinski definition) is 3. The average molecular weight is 335 g/mol. The van der Waals surface area contributed by atoms with E-state index in [1.54, 1.807) is 7.11 Å². The zero-order chi connectivity index (χ0) is 17.3. The van der Waals surface area contributed by atoms with E-state index in [2.05, 4.69) is 20.8 Å². The molecule has 0 saturated heterocycles. The maximum Gasteiger partial charge on any atom is 0.144 e. The maximum absolute atomic E-state index is 13.0. The molecule has 0 aromatic rings. The SMILES string of the molecule is CO[C@H]1C(C)C(=O)[C@]2(C)CC[C@@H]3[C@H](CC[C@@H]4C[C@H](O)CC[C@]43C)[C@@H]12. The van der Waals surface area contributed by atoms with Crippen LogP contribution in [0.15, 0.2) is 0 Å². The van der Waals surface area contributed by atoms with Gasteiger partial charge in [-0.2, -0.15) is 0 Å². The summed E-state index contributed by atoms with van der Waals surface area (Å²) in [7, 11) is 1.80. The number of Topliss-reactive ketones (excluding diaryl/α,β-unsaturated/α-hetero) is 1. The summed E-state index contributed by atoms with van der Waals surface area (Å²) in [5.74, 6) is 2.89. The first-order chi connectivity index (χ1) is 11.3. The van der Waals surface area contributed by atoms with Crippen molar-refractivity contribution in [1.29, 1.82) is 0 Å². The predicted molar refractivity (Wildman–Crippen MR) is 93.5 cm³/mol. The highest BCUT2D eigenvalue weighted by Crippen LogP contribution is 2.66. The molecule has 3 heteroatoms. The number of hydrogen-bond donors (Lipinski definition) is 1. The van der Waals surface area contributed by atoms with Gasteiger partial charge in [0.05, 0.1) is 12.2 Å². The molecule has 4 fully saturated rings. The summed E-state index contributed by atoms with van der Waals surface area (Å²) in [5, 5.41) is 10.1. The number of carbonyl (C=O) groups excluding carboxylic acids is 1. The number of fused-ring (bicyclic) bond motifs is 5. The zero-order valence-electron chi connectivity index (χ0n) is 15.8. The number of ketones is 1. The summed E-state index contributed by atoms with van der Waals surface area (Å²) in [6, 6.07) is 0. The fourth-order valence-electron chi connectivity index (χ4n) is 7.71. The van der Waals surface area contributed by atoms with Crippen LogP contribution < -0.4 is 0 Å². The molecule has 4 rings (SSSR count). The highest BCUT2D eigenvalue weighted by atomic mass is 16.5. The van der Waals surface area contributed by atoms with Gasteiger partial charge in [0.15, 0.2) is 0 Å². The molecule has 24 heavy (non-hydrogen) atoms. The second-order valence-corrected chi connectivity index (χ2v) is 9.81. The van der Waals surface area contributed by atoms with E-state index in [0.717, 1.165) is 25.7 Å². The Morgan fingerprint density at radius 1 is 1.12 bits per heavy atom. The molecule has 1 N–H and O–H groups in total. The van der Waals surface area contributed by atoms with Crippen molar-refractivity contribution in [2.24, 2.45) is 40.4 Å². The lowest BCUT2D eigenvalue weighted by atomic mass is 9.45. The lowest BCUT2D eigenvalue weighted by Crippen LogP contribution is -2.55. The molecule has 0 aromatic heterocycles. The molecule has 0 heterocycles. The molecule has 4 aliphatic carbocycles. The van der Waals surface area contributed by atoms with E-state index in [1.807, 2.05) is 0 Å². The van der Waals surface area contributed by atoms with Gasteiger partial charge in [-0.25, -0.2) is 0 Å². The van der Waals surface area contributed by atoms with Gasteiger partial charge in [0, 0.05) is 24.4 Å². The summed E-state index contributed by atoms with van der Waals surface area (Å²) in [4.78, 5) is 13.0. The number of rotatable bonds is 1. The molecule has 0 aliphatic heterocycles. The van der Waals surface area contributed by atoms with Gasteiger partial charge in [-0.3, -0.25) is 4.79 Å². The Hall–Kier alpha value is -0.410. The van der Waals surface area contributed by atoms with Crippen LogP contribution in [0.5, 0.6) is 0 Å². The summed E-state index contributed by atoms with van der Waals surface area (Å²) in [5.41, 5.74) is 0.190. The van der Waals surface area contributed by atoms with Crippen molar-refractivity contribution >= 4 is 5.78 Å². The second kappa shape index (κ2) is 5.54. The lowest BCUT2D eigenvalue weighted by molar-refractivity contribution is -0.149. The van der Waals surface area contributed by atoms with E-state index >= 15 is 0 Å². The largest absolute Gasteiger partial charge is 0.393 e. The van der Waals surface area contributed by atoms with Gasteiger partial charge in [0.25, 0.3) is 0 Å². The molecule has 4 aliphatic rings. The van der Waals surface area contributed by atoms with Gasteiger partial charge in [0.2, 0.25) is 0 Å². The van der Waals surface area contributed by atoms with Crippen LogP contribution >= 0.6 is 0 Å². The van der Waals surface area contributed by atoms with Crippen molar-refractivity contribution in [2.75, 3.05) is 7.11 Å².